The Kier molecular flexibility index (Phi) is 15.7. The molecule has 0 radical (unpaired) electrons. The molecule has 3 amide bonds. The number of rotatable bonds is 16. The van der Waals surface area contributed by atoms with Crippen LogP contribution in [0.25, 0.3) is 0 Å². The van der Waals surface area contributed by atoms with Gasteiger partial charge < -0.3 is 39.2 Å². The lowest BCUT2D eigenvalue weighted by molar-refractivity contribution is -0.133. The van der Waals surface area contributed by atoms with E-state index in [1.807, 2.05) is 0 Å². The van der Waals surface area contributed by atoms with Crippen molar-refractivity contribution in [2.24, 2.45) is 5.92 Å². The molecule has 0 saturated heterocycles. The first-order valence-electron chi connectivity index (χ1n) is 17.2. The van der Waals surface area contributed by atoms with Crippen LogP contribution in [0.1, 0.15) is 76.3 Å². The van der Waals surface area contributed by atoms with Gasteiger partial charge in [-0.05, 0) is 68.5 Å². The van der Waals surface area contributed by atoms with Gasteiger partial charge in [-0.2, -0.15) is 0 Å². The molecule has 0 bridgehead atoms. The Labute approximate surface area is 304 Å². The average Bonchev–Trinajstić information content (AvgIpc) is 3.31. The number of aliphatic hydroxyl groups excluding tert-OH is 1. The van der Waals surface area contributed by atoms with Crippen molar-refractivity contribution in [3.8, 4) is 5.75 Å². The van der Waals surface area contributed by atoms with Gasteiger partial charge in [0.05, 0.1) is 25.8 Å². The Morgan fingerprint density at radius 2 is 1.74 bits per heavy atom. The number of halogens is 2. The quantitative estimate of drug-likeness (QED) is 0.157. The first-order chi connectivity index (χ1) is 24.0. The van der Waals surface area contributed by atoms with Crippen molar-refractivity contribution in [2.75, 3.05) is 26.4 Å². The second-order valence-electron chi connectivity index (χ2n) is 12.5. The number of amides is 3. The van der Waals surface area contributed by atoms with Crippen LogP contribution in [0.4, 0.5) is 4.79 Å². The monoisotopic (exact) mass is 755 g/mol. The number of nitrogens with zero attached hydrogens (tertiary/aromatic N) is 1. The van der Waals surface area contributed by atoms with Gasteiger partial charge in [0.15, 0.2) is 5.85 Å². The summed E-state index contributed by atoms with van der Waals surface area (Å²) < 4.78 is 35.8. The predicted octanol–water partition coefficient (Wildman–Crippen LogP) is 6.83. The third-order valence-electron chi connectivity index (χ3n) is 8.82. The molecule has 1 fully saturated rings. The number of fused-ring (bicyclic) bond motifs is 1. The van der Waals surface area contributed by atoms with Gasteiger partial charge in [0.25, 0.3) is 0 Å². The molecule has 2 aromatic carbocycles. The van der Waals surface area contributed by atoms with Crippen molar-refractivity contribution >= 4 is 48.7 Å². The van der Waals surface area contributed by atoms with Gasteiger partial charge in [-0.3, -0.25) is 14.2 Å². The van der Waals surface area contributed by atoms with Crippen LogP contribution in [0.2, 0.25) is 10.0 Å². The molecule has 50 heavy (non-hydrogen) atoms. The van der Waals surface area contributed by atoms with E-state index >= 15 is 0 Å². The van der Waals surface area contributed by atoms with Crippen molar-refractivity contribution in [1.82, 2.24) is 15.5 Å². The molecular weight excluding hydrogens is 708 g/mol. The van der Waals surface area contributed by atoms with E-state index < -0.39 is 37.5 Å². The number of nitrogens with one attached hydrogen (secondary N) is 2. The Morgan fingerprint density at radius 1 is 1.02 bits per heavy atom. The van der Waals surface area contributed by atoms with Gasteiger partial charge in [-0.1, -0.05) is 67.4 Å². The Morgan fingerprint density at radius 3 is 2.44 bits per heavy atom. The van der Waals surface area contributed by atoms with E-state index in [-0.39, 0.29) is 57.6 Å². The van der Waals surface area contributed by atoms with Gasteiger partial charge in [0, 0.05) is 28.6 Å². The highest BCUT2D eigenvalue weighted by atomic mass is 35.5. The van der Waals surface area contributed by atoms with Crippen molar-refractivity contribution in [3.63, 3.8) is 0 Å². The zero-order valence-electron chi connectivity index (χ0n) is 28.6. The van der Waals surface area contributed by atoms with E-state index in [1.165, 1.54) is 0 Å². The fourth-order valence-electron chi connectivity index (χ4n) is 6.31. The fraction of sp³-hybridized carbons (Fsp3) is 0.571. The van der Waals surface area contributed by atoms with Crippen LogP contribution in [0.15, 0.2) is 42.5 Å². The molecule has 0 spiro atoms. The second-order valence-corrected chi connectivity index (χ2v) is 15.5. The first kappa shape index (κ1) is 39.9. The lowest BCUT2D eigenvalue weighted by Gasteiger charge is -2.32. The third kappa shape index (κ3) is 11.9. The summed E-state index contributed by atoms with van der Waals surface area (Å²) >= 11 is 12.3. The van der Waals surface area contributed by atoms with Gasteiger partial charge in [-0.15, -0.1) is 0 Å². The molecule has 1 saturated carbocycles. The molecule has 15 heteroatoms. The van der Waals surface area contributed by atoms with E-state index in [1.54, 1.807) is 61.2 Å². The van der Waals surface area contributed by atoms with E-state index in [2.05, 4.69) is 10.6 Å². The maximum Gasteiger partial charge on any atom is 0.408 e. The van der Waals surface area contributed by atoms with Crippen molar-refractivity contribution in [3.05, 3.63) is 63.6 Å². The minimum absolute atomic E-state index is 0.0198. The topological polar surface area (TPSA) is 153 Å². The van der Waals surface area contributed by atoms with Crippen LogP contribution in [0.5, 0.6) is 5.75 Å². The van der Waals surface area contributed by atoms with Gasteiger partial charge in [0.2, 0.25) is 11.8 Å². The molecule has 2 aromatic rings. The lowest BCUT2D eigenvalue weighted by Crippen LogP contribution is -2.53. The SMILES string of the molecule is CCOP(=O)(OCC)C(O)C(CCC(=O)N1CCOc2ccc(Cl)cc2C1)NC(=O)C(CC1CCCCC1)NC(=O)OCc1cccc(Cl)c1. The molecule has 1 aliphatic carbocycles. The van der Waals surface area contributed by atoms with Gasteiger partial charge in [0.1, 0.15) is 25.0 Å². The molecule has 1 heterocycles. The van der Waals surface area contributed by atoms with E-state index in [9.17, 15) is 24.1 Å². The maximum atomic E-state index is 14.0. The minimum atomic E-state index is -4.15. The molecule has 3 N–H and O–H groups in total. The molecule has 0 aromatic heterocycles. The van der Waals surface area contributed by atoms with Crippen molar-refractivity contribution < 1.29 is 42.6 Å². The molecule has 4 rings (SSSR count). The minimum Gasteiger partial charge on any atom is -0.491 e. The number of ether oxygens (including phenoxy) is 2. The summed E-state index contributed by atoms with van der Waals surface area (Å²) in [7, 11) is -4.15. The van der Waals surface area contributed by atoms with E-state index in [0.717, 1.165) is 37.7 Å². The summed E-state index contributed by atoms with van der Waals surface area (Å²) in [5, 5.41) is 18.0. The summed E-state index contributed by atoms with van der Waals surface area (Å²) in [6.45, 7) is 3.97. The highest BCUT2D eigenvalue weighted by Gasteiger charge is 2.42. The summed E-state index contributed by atoms with van der Waals surface area (Å²) in [4.78, 5) is 42.1. The highest BCUT2D eigenvalue weighted by molar-refractivity contribution is 7.54. The van der Waals surface area contributed by atoms with Gasteiger partial charge in [-0.25, -0.2) is 4.79 Å². The molecule has 12 nitrogen and oxygen atoms in total. The zero-order valence-corrected chi connectivity index (χ0v) is 31.0. The van der Waals surface area contributed by atoms with E-state index in [0.29, 0.717) is 34.3 Å². The standard InChI is InChI=1S/C35H48Cl2N3O9P/c1-3-48-50(45,49-4-2)34(43)29(14-16-32(41)40-17-18-46-31-15-13-28(37)21-26(31)22-40)38-33(42)30(20-24-9-6-5-7-10-24)39-35(44)47-23-25-11-8-12-27(36)19-25/h8,11-13,15,19,21,24,29-30,34,43H,3-7,9-10,14,16-18,20,22-23H2,1-2H3,(H,38,42)(H,39,44). The molecule has 3 unspecified atom stereocenters. The number of benzene rings is 2. The van der Waals surface area contributed by atoms with Crippen LogP contribution in [-0.4, -0.2) is 72.2 Å². The number of hydrogen-bond acceptors (Lipinski definition) is 9. The normalized spacial score (nSPS) is 17.0. The van der Waals surface area contributed by atoms with Crippen LogP contribution in [0.3, 0.4) is 0 Å². The third-order valence-corrected chi connectivity index (χ3v) is 11.5. The number of aliphatic hydroxyl groups is 1. The molecule has 1 aliphatic heterocycles. The van der Waals surface area contributed by atoms with Crippen LogP contribution in [0, 0.1) is 5.92 Å². The molecular formula is C35H48Cl2N3O9P. The molecule has 276 valence electrons. The summed E-state index contributed by atoms with van der Waals surface area (Å²) in [5.41, 5.74) is 1.43. The van der Waals surface area contributed by atoms with Crippen LogP contribution < -0.4 is 15.4 Å². The Bertz CT molecular complexity index is 1480. The first-order valence-corrected chi connectivity index (χ1v) is 19.6. The Hall–Kier alpha value is -2.86. The van der Waals surface area contributed by atoms with Crippen molar-refractivity contribution in [2.45, 2.75) is 96.3 Å². The zero-order chi connectivity index (χ0) is 36.1. The number of hydrogen-bond donors (Lipinski definition) is 3. The summed E-state index contributed by atoms with van der Waals surface area (Å²) in [6.07, 6.45) is 4.29. The van der Waals surface area contributed by atoms with Gasteiger partial charge >= 0.3 is 13.7 Å². The molecule has 2 aliphatic rings. The number of alkyl carbamates (subject to hydrolysis) is 1. The summed E-state index contributed by atoms with van der Waals surface area (Å²) in [5.74, 6) is -1.86. The highest BCUT2D eigenvalue weighted by Crippen LogP contribution is 2.53. The second kappa shape index (κ2) is 19.7. The Balaban J connectivity index is 1.51. The predicted molar refractivity (Wildman–Crippen MR) is 190 cm³/mol. The lowest BCUT2D eigenvalue weighted by atomic mass is 9.84. The number of carbonyl (C=O) groups excluding carboxylic acids is 3. The maximum absolute atomic E-state index is 14.0. The van der Waals surface area contributed by atoms with E-state index in [4.69, 9.17) is 41.7 Å². The largest absolute Gasteiger partial charge is 0.491 e. The van der Waals surface area contributed by atoms with Crippen molar-refractivity contribution in [1.29, 1.82) is 0 Å². The molecule has 3 atom stereocenters. The smallest absolute Gasteiger partial charge is 0.408 e. The average molecular weight is 757 g/mol. The van der Waals surface area contributed by atoms with Crippen LogP contribution >= 0.6 is 30.8 Å². The van der Waals surface area contributed by atoms with Crippen LogP contribution in [-0.2, 0) is 41.1 Å². The fourth-order valence-corrected chi connectivity index (χ4v) is 8.48. The number of carbonyl (C=O) groups is 3. The summed E-state index contributed by atoms with van der Waals surface area (Å²) in [6, 6.07) is 9.87.